The van der Waals surface area contributed by atoms with E-state index in [4.69, 9.17) is 16.3 Å². The van der Waals surface area contributed by atoms with Crippen molar-refractivity contribution in [2.75, 3.05) is 7.11 Å². The Hall–Kier alpha value is -1.13. The Morgan fingerprint density at radius 1 is 1.40 bits per heavy atom. The molecule has 1 aromatic heterocycles. The SMILES string of the molecule is COc1cc(-c2nc(Cl)sc2CCC(C)C)ccc1F. The van der Waals surface area contributed by atoms with Crippen molar-refractivity contribution in [3.05, 3.63) is 33.4 Å². The first-order valence-corrected chi connectivity index (χ1v) is 7.69. The molecule has 0 saturated carbocycles. The zero-order valence-electron chi connectivity index (χ0n) is 11.7. The summed E-state index contributed by atoms with van der Waals surface area (Å²) < 4.78 is 19.0. The van der Waals surface area contributed by atoms with Gasteiger partial charge < -0.3 is 4.74 Å². The fraction of sp³-hybridized carbons (Fsp3) is 0.400. The van der Waals surface area contributed by atoms with Crippen LogP contribution in [0.5, 0.6) is 5.75 Å². The van der Waals surface area contributed by atoms with Crippen LogP contribution in [0.25, 0.3) is 11.3 Å². The molecule has 0 spiro atoms. The largest absolute Gasteiger partial charge is 0.494 e. The van der Waals surface area contributed by atoms with Crippen molar-refractivity contribution in [1.29, 1.82) is 0 Å². The number of rotatable bonds is 5. The summed E-state index contributed by atoms with van der Waals surface area (Å²) in [7, 11) is 1.45. The lowest BCUT2D eigenvalue weighted by molar-refractivity contribution is 0.387. The van der Waals surface area contributed by atoms with Gasteiger partial charge in [0.15, 0.2) is 16.0 Å². The number of halogens is 2. The first-order chi connectivity index (χ1) is 9.51. The summed E-state index contributed by atoms with van der Waals surface area (Å²) in [5, 5.41) is 0. The Balaban J connectivity index is 2.36. The Morgan fingerprint density at radius 3 is 2.80 bits per heavy atom. The molecule has 0 fully saturated rings. The summed E-state index contributed by atoms with van der Waals surface area (Å²) in [6, 6.07) is 4.77. The third-order valence-corrected chi connectivity index (χ3v) is 4.26. The third-order valence-electron chi connectivity index (χ3n) is 3.04. The monoisotopic (exact) mass is 313 g/mol. The number of ether oxygens (including phenoxy) is 1. The lowest BCUT2D eigenvalue weighted by Gasteiger charge is -2.07. The lowest BCUT2D eigenvalue weighted by Crippen LogP contribution is -1.93. The summed E-state index contributed by atoms with van der Waals surface area (Å²) in [5.41, 5.74) is 1.67. The molecular formula is C15H17ClFNOS. The Morgan fingerprint density at radius 2 is 2.15 bits per heavy atom. The zero-order valence-corrected chi connectivity index (χ0v) is 13.3. The average molecular weight is 314 g/mol. The first kappa shape index (κ1) is 15.3. The highest BCUT2D eigenvalue weighted by atomic mass is 35.5. The van der Waals surface area contributed by atoms with Crippen molar-refractivity contribution < 1.29 is 9.13 Å². The highest BCUT2D eigenvalue weighted by molar-refractivity contribution is 7.16. The van der Waals surface area contributed by atoms with E-state index in [1.165, 1.54) is 24.5 Å². The molecule has 0 unspecified atom stereocenters. The quantitative estimate of drug-likeness (QED) is 0.757. The van der Waals surface area contributed by atoms with Gasteiger partial charge in [-0.3, -0.25) is 0 Å². The van der Waals surface area contributed by atoms with Gasteiger partial charge in [-0.25, -0.2) is 9.37 Å². The third kappa shape index (κ3) is 3.49. The van der Waals surface area contributed by atoms with Gasteiger partial charge in [0, 0.05) is 10.4 Å². The van der Waals surface area contributed by atoms with Crippen LogP contribution in [0.1, 0.15) is 25.1 Å². The van der Waals surface area contributed by atoms with Gasteiger partial charge in [0.1, 0.15) is 0 Å². The molecular weight excluding hydrogens is 297 g/mol. The summed E-state index contributed by atoms with van der Waals surface area (Å²) in [4.78, 5) is 5.51. The molecule has 0 atom stereocenters. The lowest BCUT2D eigenvalue weighted by atomic mass is 10.0. The number of thiazole rings is 1. The predicted octanol–water partition coefficient (Wildman–Crippen LogP) is 5.20. The normalized spacial score (nSPS) is 11.1. The maximum Gasteiger partial charge on any atom is 0.184 e. The minimum atomic E-state index is -0.374. The Labute approximate surface area is 127 Å². The fourth-order valence-electron chi connectivity index (χ4n) is 1.94. The van der Waals surface area contributed by atoms with E-state index < -0.39 is 0 Å². The highest BCUT2D eigenvalue weighted by Gasteiger charge is 2.14. The summed E-state index contributed by atoms with van der Waals surface area (Å²) in [6.45, 7) is 4.37. The summed E-state index contributed by atoms with van der Waals surface area (Å²) >= 11 is 7.53. The van der Waals surface area contributed by atoms with Crippen LogP contribution in [-0.2, 0) is 6.42 Å². The maximum absolute atomic E-state index is 13.5. The van der Waals surface area contributed by atoms with Crippen LogP contribution in [0.15, 0.2) is 18.2 Å². The van der Waals surface area contributed by atoms with Gasteiger partial charge in [-0.1, -0.05) is 25.4 Å². The highest BCUT2D eigenvalue weighted by Crippen LogP contribution is 2.34. The standard InChI is InChI=1S/C15H17ClFNOS/c1-9(2)4-7-13-14(18-15(16)20-13)10-5-6-11(17)12(8-10)19-3/h5-6,8-9H,4,7H2,1-3H3. The van der Waals surface area contributed by atoms with Gasteiger partial charge in [0.2, 0.25) is 0 Å². The summed E-state index contributed by atoms with van der Waals surface area (Å²) in [5.74, 6) is 0.467. The smallest absolute Gasteiger partial charge is 0.184 e. The molecule has 0 aliphatic carbocycles. The molecule has 5 heteroatoms. The molecule has 0 bridgehead atoms. The van der Waals surface area contributed by atoms with Crippen LogP contribution in [0.4, 0.5) is 4.39 Å². The van der Waals surface area contributed by atoms with Crippen LogP contribution in [0.2, 0.25) is 4.47 Å². The number of methoxy groups -OCH3 is 1. The van der Waals surface area contributed by atoms with Gasteiger partial charge in [-0.05, 0) is 37.0 Å². The van der Waals surface area contributed by atoms with Crippen LogP contribution >= 0.6 is 22.9 Å². The number of nitrogens with zero attached hydrogens (tertiary/aromatic N) is 1. The Bertz CT molecular complexity index is 598. The molecule has 2 aromatic rings. The van der Waals surface area contributed by atoms with Crippen molar-refractivity contribution >= 4 is 22.9 Å². The molecule has 0 aliphatic heterocycles. The van der Waals surface area contributed by atoms with Gasteiger partial charge in [-0.15, -0.1) is 11.3 Å². The second kappa shape index (κ2) is 6.55. The van der Waals surface area contributed by atoms with E-state index in [1.54, 1.807) is 12.1 Å². The number of hydrogen-bond acceptors (Lipinski definition) is 3. The molecule has 0 N–H and O–H groups in total. The minimum Gasteiger partial charge on any atom is -0.494 e. The molecule has 1 heterocycles. The van der Waals surface area contributed by atoms with E-state index in [0.29, 0.717) is 10.4 Å². The second-order valence-electron chi connectivity index (χ2n) is 5.02. The molecule has 0 radical (unpaired) electrons. The predicted molar refractivity (Wildman–Crippen MR) is 82.2 cm³/mol. The van der Waals surface area contributed by atoms with E-state index in [1.807, 2.05) is 0 Å². The molecule has 0 amide bonds. The average Bonchev–Trinajstić information content (AvgIpc) is 2.78. The van der Waals surface area contributed by atoms with Crippen molar-refractivity contribution in [1.82, 2.24) is 4.98 Å². The van der Waals surface area contributed by atoms with E-state index >= 15 is 0 Å². The van der Waals surface area contributed by atoms with Gasteiger partial charge in [-0.2, -0.15) is 0 Å². The van der Waals surface area contributed by atoms with E-state index in [9.17, 15) is 4.39 Å². The van der Waals surface area contributed by atoms with Gasteiger partial charge in [0.25, 0.3) is 0 Å². The number of aromatic nitrogens is 1. The fourth-order valence-corrected chi connectivity index (χ4v) is 3.13. The molecule has 0 aliphatic rings. The number of aryl methyl sites for hydroxylation is 1. The van der Waals surface area contributed by atoms with Crippen molar-refractivity contribution in [3.63, 3.8) is 0 Å². The Kier molecular flexibility index (Phi) is 5.00. The van der Waals surface area contributed by atoms with Crippen LogP contribution in [0.3, 0.4) is 0 Å². The molecule has 2 rings (SSSR count). The van der Waals surface area contributed by atoms with Crippen molar-refractivity contribution in [2.45, 2.75) is 26.7 Å². The molecule has 20 heavy (non-hydrogen) atoms. The van der Waals surface area contributed by atoms with E-state index in [0.717, 1.165) is 29.0 Å². The van der Waals surface area contributed by atoms with Crippen LogP contribution < -0.4 is 4.74 Å². The van der Waals surface area contributed by atoms with Crippen LogP contribution in [0, 0.1) is 11.7 Å². The van der Waals surface area contributed by atoms with E-state index in [2.05, 4.69) is 18.8 Å². The van der Waals surface area contributed by atoms with E-state index in [-0.39, 0.29) is 11.6 Å². The van der Waals surface area contributed by atoms with Gasteiger partial charge in [0.05, 0.1) is 12.8 Å². The van der Waals surface area contributed by atoms with Crippen molar-refractivity contribution in [3.8, 4) is 17.0 Å². The van der Waals surface area contributed by atoms with Gasteiger partial charge >= 0.3 is 0 Å². The summed E-state index contributed by atoms with van der Waals surface area (Å²) in [6.07, 6.45) is 2.00. The maximum atomic E-state index is 13.5. The van der Waals surface area contributed by atoms with Crippen LogP contribution in [-0.4, -0.2) is 12.1 Å². The second-order valence-corrected chi connectivity index (χ2v) is 6.69. The minimum absolute atomic E-state index is 0.224. The number of hydrogen-bond donors (Lipinski definition) is 0. The molecule has 0 saturated heterocycles. The molecule has 1 aromatic carbocycles. The molecule has 2 nitrogen and oxygen atoms in total. The zero-order chi connectivity index (χ0) is 14.7. The molecule has 108 valence electrons. The number of benzene rings is 1. The topological polar surface area (TPSA) is 22.1 Å². The van der Waals surface area contributed by atoms with Crippen molar-refractivity contribution in [2.24, 2.45) is 5.92 Å². The first-order valence-electron chi connectivity index (χ1n) is 6.50.